The van der Waals surface area contributed by atoms with Crippen LogP contribution < -0.4 is 0 Å². The summed E-state index contributed by atoms with van der Waals surface area (Å²) in [4.78, 5) is 2.34. The Balaban J connectivity index is 3.13. The van der Waals surface area contributed by atoms with Crippen molar-refractivity contribution in [2.24, 2.45) is 0 Å². The van der Waals surface area contributed by atoms with Crippen LogP contribution in [0.4, 0.5) is 0 Å². The molecule has 0 saturated heterocycles. The Labute approximate surface area is 228 Å². The van der Waals surface area contributed by atoms with Gasteiger partial charge in [0.25, 0.3) is 0 Å². The van der Waals surface area contributed by atoms with Gasteiger partial charge in [0.15, 0.2) is 0 Å². The zero-order valence-electron chi connectivity index (χ0n) is 25.5. The van der Waals surface area contributed by atoms with Gasteiger partial charge in [-0.1, -0.05) is 155 Å². The van der Waals surface area contributed by atoms with Crippen molar-refractivity contribution in [1.29, 1.82) is 0 Å². The first-order valence-electron chi connectivity index (χ1n) is 16.6. The lowest BCUT2D eigenvalue weighted by Crippen LogP contribution is -2.27. The number of ether oxygens (including phenoxy) is 2. The SMILES string of the molecule is CCCCCCCCCCCCCCOCCN(C)CCOCCCCCCCCCCCCCC. The lowest BCUT2D eigenvalue weighted by Gasteiger charge is -2.16. The molecule has 3 heteroatoms. The molecule has 0 aliphatic rings. The van der Waals surface area contributed by atoms with E-state index in [-0.39, 0.29) is 0 Å². The molecule has 0 unspecified atom stereocenters. The van der Waals surface area contributed by atoms with E-state index in [1.165, 1.54) is 154 Å². The standard InChI is InChI=1S/C33H69NO2/c1-4-6-8-10-12-14-16-18-20-22-24-26-30-35-32-28-34(3)29-33-36-31-27-25-23-21-19-17-15-13-11-9-7-5-2/h4-33H2,1-3H3. The third-order valence-corrected chi connectivity index (χ3v) is 7.52. The molecule has 0 aromatic heterocycles. The molecule has 3 nitrogen and oxygen atoms in total. The minimum absolute atomic E-state index is 0.854. The number of unbranched alkanes of at least 4 members (excludes halogenated alkanes) is 22. The van der Waals surface area contributed by atoms with Gasteiger partial charge in [0.05, 0.1) is 13.2 Å². The highest BCUT2D eigenvalue weighted by Gasteiger charge is 2.00. The van der Waals surface area contributed by atoms with E-state index in [0.29, 0.717) is 0 Å². The summed E-state index contributed by atoms with van der Waals surface area (Å²) in [5.74, 6) is 0. The van der Waals surface area contributed by atoms with E-state index in [1.54, 1.807) is 0 Å². The molecule has 0 aliphatic carbocycles. The first-order chi connectivity index (χ1) is 17.8. The van der Waals surface area contributed by atoms with Gasteiger partial charge >= 0.3 is 0 Å². The summed E-state index contributed by atoms with van der Waals surface area (Å²) < 4.78 is 11.7. The molecule has 0 N–H and O–H groups in total. The lowest BCUT2D eigenvalue weighted by molar-refractivity contribution is 0.0814. The van der Waals surface area contributed by atoms with Crippen LogP contribution in [0.25, 0.3) is 0 Å². The Bertz CT molecular complexity index is 343. The van der Waals surface area contributed by atoms with Crippen molar-refractivity contribution in [3.8, 4) is 0 Å². The van der Waals surface area contributed by atoms with Crippen LogP contribution in [-0.4, -0.2) is 51.5 Å². The van der Waals surface area contributed by atoms with E-state index in [4.69, 9.17) is 9.47 Å². The first-order valence-corrected chi connectivity index (χ1v) is 16.6. The fraction of sp³-hybridized carbons (Fsp3) is 1.00. The van der Waals surface area contributed by atoms with E-state index >= 15 is 0 Å². The minimum Gasteiger partial charge on any atom is -0.380 e. The van der Waals surface area contributed by atoms with Crippen LogP contribution >= 0.6 is 0 Å². The summed E-state index contributed by atoms with van der Waals surface area (Å²) in [6.45, 7) is 10.2. The molecular weight excluding hydrogens is 442 g/mol. The second-order valence-electron chi connectivity index (χ2n) is 11.3. The molecule has 0 rings (SSSR count). The summed E-state index contributed by atoms with van der Waals surface area (Å²) in [5, 5.41) is 0. The molecule has 0 heterocycles. The third-order valence-electron chi connectivity index (χ3n) is 7.52. The molecule has 218 valence electrons. The largest absolute Gasteiger partial charge is 0.380 e. The molecule has 36 heavy (non-hydrogen) atoms. The summed E-state index contributed by atoms with van der Waals surface area (Å²) >= 11 is 0. The van der Waals surface area contributed by atoms with Gasteiger partial charge in [-0.05, 0) is 19.9 Å². The molecule has 0 aliphatic heterocycles. The van der Waals surface area contributed by atoms with Crippen LogP contribution in [0.1, 0.15) is 168 Å². The van der Waals surface area contributed by atoms with Crippen LogP contribution in [0.15, 0.2) is 0 Å². The second kappa shape index (κ2) is 32.9. The minimum atomic E-state index is 0.854. The highest BCUT2D eigenvalue weighted by Crippen LogP contribution is 2.13. The van der Waals surface area contributed by atoms with E-state index < -0.39 is 0 Å². The van der Waals surface area contributed by atoms with E-state index in [9.17, 15) is 0 Å². The predicted octanol–water partition coefficient (Wildman–Crippen LogP) is 10.4. The van der Waals surface area contributed by atoms with Crippen molar-refractivity contribution in [3.63, 3.8) is 0 Å². The molecule has 0 atom stereocenters. The number of rotatable bonds is 32. The van der Waals surface area contributed by atoms with Gasteiger partial charge < -0.3 is 14.4 Å². The molecule has 0 radical (unpaired) electrons. The Hall–Kier alpha value is -0.120. The van der Waals surface area contributed by atoms with Crippen LogP contribution in [0.2, 0.25) is 0 Å². The van der Waals surface area contributed by atoms with Crippen molar-refractivity contribution in [2.45, 2.75) is 168 Å². The third kappa shape index (κ3) is 31.9. The van der Waals surface area contributed by atoms with E-state index in [1.807, 2.05) is 0 Å². The maximum Gasteiger partial charge on any atom is 0.0593 e. The molecule has 0 saturated carbocycles. The van der Waals surface area contributed by atoms with Crippen molar-refractivity contribution in [3.05, 3.63) is 0 Å². The maximum atomic E-state index is 5.84. The Morgan fingerprint density at radius 3 is 0.861 bits per heavy atom. The quantitative estimate of drug-likeness (QED) is 0.0838. The molecule has 0 aromatic rings. The smallest absolute Gasteiger partial charge is 0.0593 e. The van der Waals surface area contributed by atoms with Crippen molar-refractivity contribution in [1.82, 2.24) is 4.90 Å². The van der Waals surface area contributed by atoms with Gasteiger partial charge in [-0.25, -0.2) is 0 Å². The molecule has 0 amide bonds. The van der Waals surface area contributed by atoms with Crippen LogP contribution in [-0.2, 0) is 9.47 Å². The van der Waals surface area contributed by atoms with Gasteiger partial charge in [0.1, 0.15) is 0 Å². The van der Waals surface area contributed by atoms with E-state index in [0.717, 1.165) is 39.5 Å². The average molecular weight is 512 g/mol. The van der Waals surface area contributed by atoms with Gasteiger partial charge in [-0.2, -0.15) is 0 Å². The second-order valence-corrected chi connectivity index (χ2v) is 11.3. The van der Waals surface area contributed by atoms with Crippen LogP contribution in [0, 0.1) is 0 Å². The van der Waals surface area contributed by atoms with Gasteiger partial charge in [-0.15, -0.1) is 0 Å². The predicted molar refractivity (Wildman–Crippen MR) is 161 cm³/mol. The highest BCUT2D eigenvalue weighted by molar-refractivity contribution is 4.52. The van der Waals surface area contributed by atoms with Crippen LogP contribution in [0.3, 0.4) is 0 Å². The van der Waals surface area contributed by atoms with Crippen molar-refractivity contribution >= 4 is 0 Å². The molecule has 0 aromatic carbocycles. The molecule has 0 fully saturated rings. The normalized spacial score (nSPS) is 11.7. The van der Waals surface area contributed by atoms with Gasteiger partial charge in [-0.3, -0.25) is 0 Å². The number of hydrogen-bond donors (Lipinski definition) is 0. The summed E-state index contributed by atoms with van der Waals surface area (Å²) in [6.07, 6.45) is 33.6. The Kier molecular flexibility index (Phi) is 32.8. The van der Waals surface area contributed by atoms with Crippen LogP contribution in [0.5, 0.6) is 0 Å². The van der Waals surface area contributed by atoms with Gasteiger partial charge in [0.2, 0.25) is 0 Å². The topological polar surface area (TPSA) is 21.7 Å². The number of likely N-dealkylation sites (N-methyl/N-ethyl adjacent to an activating group) is 1. The van der Waals surface area contributed by atoms with E-state index in [2.05, 4.69) is 25.8 Å². The lowest BCUT2D eigenvalue weighted by atomic mass is 10.1. The zero-order chi connectivity index (χ0) is 26.2. The monoisotopic (exact) mass is 512 g/mol. The summed E-state index contributed by atoms with van der Waals surface area (Å²) in [6, 6.07) is 0. The summed E-state index contributed by atoms with van der Waals surface area (Å²) in [7, 11) is 2.18. The molecular formula is C33H69NO2. The first kappa shape index (κ1) is 35.9. The zero-order valence-corrected chi connectivity index (χ0v) is 25.5. The Morgan fingerprint density at radius 2 is 0.583 bits per heavy atom. The Morgan fingerprint density at radius 1 is 0.333 bits per heavy atom. The fourth-order valence-corrected chi connectivity index (χ4v) is 4.85. The highest BCUT2D eigenvalue weighted by atomic mass is 16.5. The number of nitrogens with zero attached hydrogens (tertiary/aromatic N) is 1. The molecule has 0 bridgehead atoms. The fourth-order valence-electron chi connectivity index (χ4n) is 4.85. The maximum absolute atomic E-state index is 5.84. The van der Waals surface area contributed by atoms with Crippen molar-refractivity contribution in [2.75, 3.05) is 46.6 Å². The van der Waals surface area contributed by atoms with Gasteiger partial charge in [0, 0.05) is 26.3 Å². The van der Waals surface area contributed by atoms with Crippen molar-refractivity contribution < 1.29 is 9.47 Å². The molecule has 0 spiro atoms. The summed E-state index contributed by atoms with van der Waals surface area (Å²) in [5.41, 5.74) is 0. The number of hydrogen-bond acceptors (Lipinski definition) is 3. The average Bonchev–Trinajstić information content (AvgIpc) is 2.88.